The first-order valence-corrected chi connectivity index (χ1v) is 7.41. The van der Waals surface area contributed by atoms with Gasteiger partial charge in [0.05, 0.1) is 4.92 Å². The van der Waals surface area contributed by atoms with Gasteiger partial charge >= 0.3 is 0 Å². The SMILES string of the molecule is O=C(NC1CCN(C2CC2)C1)c1ccc([N+](=O)[O-])c(Cl)c1. The molecule has 0 bridgehead atoms. The lowest BCUT2D eigenvalue weighted by Crippen LogP contribution is -2.37. The number of rotatable bonds is 4. The lowest BCUT2D eigenvalue weighted by molar-refractivity contribution is -0.384. The van der Waals surface area contributed by atoms with E-state index in [1.165, 1.54) is 31.0 Å². The van der Waals surface area contributed by atoms with Crippen molar-refractivity contribution < 1.29 is 9.72 Å². The molecule has 1 aliphatic carbocycles. The van der Waals surface area contributed by atoms with Gasteiger partial charge in [-0.2, -0.15) is 0 Å². The molecule has 6 nitrogen and oxygen atoms in total. The van der Waals surface area contributed by atoms with E-state index in [-0.39, 0.29) is 22.7 Å². The van der Waals surface area contributed by atoms with Crippen LogP contribution in [0.1, 0.15) is 29.6 Å². The van der Waals surface area contributed by atoms with Crippen LogP contribution in [0.3, 0.4) is 0 Å². The van der Waals surface area contributed by atoms with Gasteiger partial charge in [-0.15, -0.1) is 0 Å². The molecule has 1 N–H and O–H groups in total. The van der Waals surface area contributed by atoms with Gasteiger partial charge in [-0.25, -0.2) is 0 Å². The predicted molar refractivity (Wildman–Crippen MR) is 78.6 cm³/mol. The van der Waals surface area contributed by atoms with Crippen LogP contribution in [0.15, 0.2) is 18.2 Å². The number of nitrogens with one attached hydrogen (secondary N) is 1. The number of carbonyl (C=O) groups is 1. The highest BCUT2D eigenvalue weighted by Crippen LogP contribution is 2.30. The molecule has 3 rings (SSSR count). The van der Waals surface area contributed by atoms with E-state index in [0.717, 1.165) is 19.5 Å². The van der Waals surface area contributed by atoms with Gasteiger partial charge in [0.1, 0.15) is 5.02 Å². The van der Waals surface area contributed by atoms with Crippen LogP contribution in [0, 0.1) is 10.1 Å². The van der Waals surface area contributed by atoms with Crippen LogP contribution in [0.5, 0.6) is 0 Å². The fourth-order valence-corrected chi connectivity index (χ4v) is 2.99. The molecule has 21 heavy (non-hydrogen) atoms. The minimum Gasteiger partial charge on any atom is -0.348 e. The Labute approximate surface area is 127 Å². The Bertz CT molecular complexity index is 589. The summed E-state index contributed by atoms with van der Waals surface area (Å²) in [6.07, 6.45) is 3.47. The summed E-state index contributed by atoms with van der Waals surface area (Å²) in [5.41, 5.74) is 0.171. The minimum atomic E-state index is -0.561. The van der Waals surface area contributed by atoms with E-state index in [1.807, 2.05) is 0 Å². The largest absolute Gasteiger partial charge is 0.348 e. The fraction of sp³-hybridized carbons (Fsp3) is 0.500. The quantitative estimate of drug-likeness (QED) is 0.683. The third kappa shape index (κ3) is 3.16. The number of halogens is 1. The molecule has 1 unspecified atom stereocenters. The average Bonchev–Trinajstić information content (AvgIpc) is 3.19. The maximum atomic E-state index is 12.2. The summed E-state index contributed by atoms with van der Waals surface area (Å²) in [6, 6.07) is 4.91. The summed E-state index contributed by atoms with van der Waals surface area (Å²) in [5.74, 6) is -0.227. The Kier molecular flexibility index (Phi) is 3.82. The number of hydrogen-bond acceptors (Lipinski definition) is 4. The normalized spacial score (nSPS) is 22.2. The van der Waals surface area contributed by atoms with Crippen molar-refractivity contribution in [1.82, 2.24) is 10.2 Å². The van der Waals surface area contributed by atoms with Gasteiger partial charge in [0.2, 0.25) is 0 Å². The van der Waals surface area contributed by atoms with Crippen molar-refractivity contribution in [1.29, 1.82) is 0 Å². The summed E-state index contributed by atoms with van der Waals surface area (Å²) >= 11 is 5.83. The van der Waals surface area contributed by atoms with Crippen LogP contribution in [-0.4, -0.2) is 40.9 Å². The molecule has 7 heteroatoms. The monoisotopic (exact) mass is 309 g/mol. The van der Waals surface area contributed by atoms with Crippen LogP contribution < -0.4 is 5.32 Å². The number of carbonyl (C=O) groups excluding carboxylic acids is 1. The van der Waals surface area contributed by atoms with Gasteiger partial charge in [-0.1, -0.05) is 11.6 Å². The second-order valence-corrected chi connectivity index (χ2v) is 6.02. The highest BCUT2D eigenvalue weighted by Gasteiger charge is 2.34. The Morgan fingerprint density at radius 1 is 1.38 bits per heavy atom. The number of amides is 1. The van der Waals surface area contributed by atoms with Gasteiger partial charge in [0, 0.05) is 36.8 Å². The minimum absolute atomic E-state index is 0.0151. The predicted octanol–water partition coefficient (Wildman–Crippen LogP) is 2.21. The van der Waals surface area contributed by atoms with Crippen LogP contribution in [0.2, 0.25) is 5.02 Å². The molecule has 0 spiro atoms. The molecule has 1 aliphatic heterocycles. The zero-order chi connectivity index (χ0) is 15.0. The van der Waals surface area contributed by atoms with Crippen molar-refractivity contribution in [3.05, 3.63) is 38.9 Å². The molecular weight excluding hydrogens is 294 g/mol. The third-order valence-corrected chi connectivity index (χ3v) is 4.33. The average molecular weight is 310 g/mol. The van der Waals surface area contributed by atoms with Gasteiger partial charge in [-0.05, 0) is 31.4 Å². The van der Waals surface area contributed by atoms with E-state index in [2.05, 4.69) is 10.2 Å². The lowest BCUT2D eigenvalue weighted by Gasteiger charge is -2.15. The Morgan fingerprint density at radius 3 is 2.76 bits per heavy atom. The Morgan fingerprint density at radius 2 is 2.14 bits per heavy atom. The molecule has 0 radical (unpaired) electrons. The molecule has 1 aromatic rings. The molecule has 0 aromatic heterocycles. The molecule has 2 aliphatic rings. The molecule has 1 amide bonds. The van der Waals surface area contributed by atoms with Crippen molar-refractivity contribution in [3.63, 3.8) is 0 Å². The lowest BCUT2D eigenvalue weighted by atomic mass is 10.1. The van der Waals surface area contributed by atoms with Crippen molar-refractivity contribution in [2.45, 2.75) is 31.3 Å². The van der Waals surface area contributed by atoms with Gasteiger partial charge in [0.25, 0.3) is 11.6 Å². The molecule has 2 fully saturated rings. The van der Waals surface area contributed by atoms with Crippen molar-refractivity contribution in [2.75, 3.05) is 13.1 Å². The summed E-state index contributed by atoms with van der Waals surface area (Å²) in [4.78, 5) is 24.7. The number of hydrogen-bond donors (Lipinski definition) is 1. The summed E-state index contributed by atoms with van der Waals surface area (Å²) in [6.45, 7) is 1.91. The first-order valence-electron chi connectivity index (χ1n) is 7.03. The number of nitrogens with zero attached hydrogens (tertiary/aromatic N) is 2. The zero-order valence-electron chi connectivity index (χ0n) is 11.4. The Hall–Kier alpha value is -1.66. The smallest absolute Gasteiger partial charge is 0.287 e. The molecule has 1 saturated carbocycles. The van der Waals surface area contributed by atoms with Crippen LogP contribution >= 0.6 is 11.6 Å². The maximum absolute atomic E-state index is 12.2. The van der Waals surface area contributed by atoms with Gasteiger partial charge in [-0.3, -0.25) is 19.8 Å². The number of likely N-dealkylation sites (tertiary alicyclic amines) is 1. The summed E-state index contributed by atoms with van der Waals surface area (Å²) in [5, 5.41) is 13.7. The van der Waals surface area contributed by atoms with E-state index in [4.69, 9.17) is 11.6 Å². The van der Waals surface area contributed by atoms with Crippen molar-refractivity contribution in [3.8, 4) is 0 Å². The molecule has 1 saturated heterocycles. The van der Waals surface area contributed by atoms with E-state index in [0.29, 0.717) is 11.6 Å². The molecular formula is C14H16ClN3O3. The first-order chi connectivity index (χ1) is 10.0. The second-order valence-electron chi connectivity index (χ2n) is 5.61. The van der Waals surface area contributed by atoms with Crippen molar-refractivity contribution in [2.24, 2.45) is 0 Å². The molecule has 1 heterocycles. The maximum Gasteiger partial charge on any atom is 0.287 e. The molecule has 1 aromatic carbocycles. The third-order valence-electron chi connectivity index (χ3n) is 4.02. The number of nitro benzene ring substituents is 1. The molecule has 1 atom stereocenters. The number of nitro groups is 1. The molecule has 112 valence electrons. The Balaban J connectivity index is 1.62. The first kappa shape index (κ1) is 14.3. The van der Waals surface area contributed by atoms with E-state index in [1.54, 1.807) is 0 Å². The van der Waals surface area contributed by atoms with E-state index < -0.39 is 4.92 Å². The van der Waals surface area contributed by atoms with Gasteiger partial charge in [0.15, 0.2) is 0 Å². The van der Waals surface area contributed by atoms with Crippen LogP contribution in [0.25, 0.3) is 0 Å². The second kappa shape index (κ2) is 5.61. The van der Waals surface area contributed by atoms with E-state index in [9.17, 15) is 14.9 Å². The summed E-state index contributed by atoms with van der Waals surface area (Å²) < 4.78 is 0. The van der Waals surface area contributed by atoms with Crippen LogP contribution in [0.4, 0.5) is 5.69 Å². The van der Waals surface area contributed by atoms with E-state index >= 15 is 0 Å². The fourth-order valence-electron chi connectivity index (χ4n) is 2.74. The van der Waals surface area contributed by atoms with Gasteiger partial charge < -0.3 is 5.32 Å². The van der Waals surface area contributed by atoms with Crippen molar-refractivity contribution >= 4 is 23.2 Å². The number of benzene rings is 1. The standard InChI is InChI=1S/C14H16ClN3O3/c15-12-7-9(1-4-13(12)18(20)21)14(19)16-10-5-6-17(8-10)11-2-3-11/h1,4,7,10-11H,2-3,5-6,8H2,(H,16,19). The van der Waals surface area contributed by atoms with Crippen LogP contribution in [-0.2, 0) is 0 Å². The summed E-state index contributed by atoms with van der Waals surface area (Å²) in [7, 11) is 0. The highest BCUT2D eigenvalue weighted by atomic mass is 35.5. The topological polar surface area (TPSA) is 75.5 Å². The zero-order valence-corrected chi connectivity index (χ0v) is 12.2. The highest BCUT2D eigenvalue weighted by molar-refractivity contribution is 6.33.